The van der Waals surface area contributed by atoms with Gasteiger partial charge >= 0.3 is 5.97 Å². The van der Waals surface area contributed by atoms with Gasteiger partial charge in [-0.3, -0.25) is 9.36 Å². The molecule has 200 valence electrons. The number of carbonyl (C=O) groups is 1. The number of fused-ring (bicyclic) bond motifs is 1. The number of carbonyl (C=O) groups excluding carboxylic acids is 1. The smallest absolute Gasteiger partial charge is 0.338 e. The molecule has 39 heavy (non-hydrogen) atoms. The standard InChI is InChI=1S/C29H26N2O6S2/c1-17-24(28(33)37-16-18-9-6-5-7-10-18)25(22-11-8-12-38-22)31-27(32)23(39-29(31)30-17)15-19-13-20(34-2)26(36-4)21(14-19)35-3/h5-15,25H,16H2,1-4H3. The van der Waals surface area contributed by atoms with Gasteiger partial charge in [0.25, 0.3) is 5.56 Å². The van der Waals surface area contributed by atoms with Gasteiger partial charge in [-0.25, -0.2) is 9.79 Å². The Morgan fingerprint density at radius 2 is 1.74 bits per heavy atom. The molecule has 0 saturated carbocycles. The normalized spacial score (nSPS) is 15.0. The highest BCUT2D eigenvalue weighted by molar-refractivity contribution is 7.10. The molecule has 0 spiro atoms. The number of nitrogens with zero attached hydrogens (tertiary/aromatic N) is 2. The lowest BCUT2D eigenvalue weighted by Gasteiger charge is -2.23. The lowest BCUT2D eigenvalue weighted by Crippen LogP contribution is -2.39. The summed E-state index contributed by atoms with van der Waals surface area (Å²) in [5, 5.41) is 1.92. The zero-order valence-electron chi connectivity index (χ0n) is 21.8. The van der Waals surface area contributed by atoms with E-state index in [0.29, 0.717) is 43.4 Å². The third-order valence-corrected chi connectivity index (χ3v) is 8.16. The number of rotatable bonds is 8. The van der Waals surface area contributed by atoms with Crippen LogP contribution in [0.1, 0.15) is 29.0 Å². The Hall–Kier alpha value is -4.15. The summed E-state index contributed by atoms with van der Waals surface area (Å²) in [4.78, 5) is 33.3. The Morgan fingerprint density at radius 1 is 1.03 bits per heavy atom. The molecule has 0 aliphatic carbocycles. The number of thiophene rings is 1. The second-order valence-electron chi connectivity index (χ2n) is 8.62. The monoisotopic (exact) mass is 562 g/mol. The van der Waals surface area contributed by atoms with Crippen LogP contribution in [0, 0.1) is 0 Å². The van der Waals surface area contributed by atoms with Crippen LogP contribution in [0.3, 0.4) is 0 Å². The fraction of sp³-hybridized carbons (Fsp3) is 0.207. The van der Waals surface area contributed by atoms with Crippen LogP contribution in [0.25, 0.3) is 6.08 Å². The van der Waals surface area contributed by atoms with Crippen LogP contribution < -0.4 is 29.1 Å². The molecule has 0 bridgehead atoms. The Labute approximate surface area is 232 Å². The fourth-order valence-electron chi connectivity index (χ4n) is 4.44. The number of esters is 1. The van der Waals surface area contributed by atoms with Gasteiger partial charge < -0.3 is 18.9 Å². The van der Waals surface area contributed by atoms with Gasteiger partial charge in [-0.2, -0.15) is 0 Å². The van der Waals surface area contributed by atoms with Gasteiger partial charge in [-0.05, 0) is 47.7 Å². The van der Waals surface area contributed by atoms with E-state index in [9.17, 15) is 9.59 Å². The van der Waals surface area contributed by atoms with Crippen LogP contribution in [-0.2, 0) is 16.1 Å². The first-order valence-electron chi connectivity index (χ1n) is 12.0. The molecule has 5 rings (SSSR count). The number of benzene rings is 2. The van der Waals surface area contributed by atoms with Crippen molar-refractivity contribution in [2.75, 3.05) is 21.3 Å². The molecule has 8 nitrogen and oxygen atoms in total. The maximum Gasteiger partial charge on any atom is 0.338 e. The Balaban J connectivity index is 1.60. The van der Waals surface area contributed by atoms with Crippen LogP contribution in [0.4, 0.5) is 0 Å². The van der Waals surface area contributed by atoms with E-state index in [1.165, 1.54) is 44.0 Å². The summed E-state index contributed by atoms with van der Waals surface area (Å²) in [5.74, 6) is 0.918. The number of aromatic nitrogens is 1. The topological polar surface area (TPSA) is 88.4 Å². The van der Waals surface area contributed by atoms with Crippen molar-refractivity contribution in [3.8, 4) is 17.2 Å². The molecule has 3 heterocycles. The molecule has 0 fully saturated rings. The molecule has 0 N–H and O–H groups in total. The Morgan fingerprint density at radius 3 is 2.36 bits per heavy atom. The molecule has 10 heteroatoms. The van der Waals surface area contributed by atoms with Crippen molar-refractivity contribution in [3.05, 3.63) is 107 Å². The molecule has 2 aromatic carbocycles. The zero-order valence-corrected chi connectivity index (χ0v) is 23.4. The summed E-state index contributed by atoms with van der Waals surface area (Å²) < 4.78 is 24.1. The summed E-state index contributed by atoms with van der Waals surface area (Å²) >= 11 is 2.73. The minimum Gasteiger partial charge on any atom is -0.493 e. The number of ether oxygens (including phenoxy) is 4. The molecule has 1 aliphatic heterocycles. The first kappa shape index (κ1) is 26.5. The summed E-state index contributed by atoms with van der Waals surface area (Å²) in [6.07, 6.45) is 1.76. The van der Waals surface area contributed by atoms with Gasteiger partial charge in [0.05, 0.1) is 37.1 Å². The molecule has 0 amide bonds. The molecule has 0 radical (unpaired) electrons. The fourth-order valence-corrected chi connectivity index (χ4v) is 6.31. The molecule has 0 saturated heterocycles. The predicted octanol–water partition coefficient (Wildman–Crippen LogP) is 4.07. The highest BCUT2D eigenvalue weighted by Gasteiger charge is 2.34. The lowest BCUT2D eigenvalue weighted by molar-refractivity contribution is -0.140. The lowest BCUT2D eigenvalue weighted by atomic mass is 10.0. The zero-order chi connectivity index (χ0) is 27.5. The molecule has 1 unspecified atom stereocenters. The number of methoxy groups -OCH3 is 3. The Bertz CT molecular complexity index is 1690. The molecular formula is C29H26N2O6S2. The largest absolute Gasteiger partial charge is 0.493 e. The quantitative estimate of drug-likeness (QED) is 0.301. The maximum atomic E-state index is 13.8. The maximum absolute atomic E-state index is 13.8. The minimum absolute atomic E-state index is 0.124. The average molecular weight is 563 g/mol. The van der Waals surface area contributed by atoms with Gasteiger partial charge in [0.1, 0.15) is 12.6 Å². The first-order chi connectivity index (χ1) is 18.9. The summed E-state index contributed by atoms with van der Waals surface area (Å²) in [6, 6.07) is 16.2. The van der Waals surface area contributed by atoms with Crippen molar-refractivity contribution in [1.82, 2.24) is 4.57 Å². The van der Waals surface area contributed by atoms with E-state index in [0.717, 1.165) is 10.4 Å². The van der Waals surface area contributed by atoms with E-state index in [4.69, 9.17) is 18.9 Å². The average Bonchev–Trinajstić information content (AvgIpc) is 3.59. The first-order valence-corrected chi connectivity index (χ1v) is 13.7. The minimum atomic E-state index is -0.647. The number of thiazole rings is 1. The van der Waals surface area contributed by atoms with E-state index in [-0.39, 0.29) is 12.2 Å². The van der Waals surface area contributed by atoms with E-state index in [1.807, 2.05) is 47.8 Å². The third-order valence-electron chi connectivity index (χ3n) is 6.25. The van der Waals surface area contributed by atoms with Gasteiger partial charge in [0, 0.05) is 4.88 Å². The van der Waals surface area contributed by atoms with Crippen molar-refractivity contribution in [1.29, 1.82) is 0 Å². The summed E-state index contributed by atoms with van der Waals surface area (Å²) in [6.45, 7) is 1.90. The van der Waals surface area contributed by atoms with Gasteiger partial charge in [-0.1, -0.05) is 47.7 Å². The van der Waals surface area contributed by atoms with Crippen LogP contribution in [0.5, 0.6) is 17.2 Å². The predicted molar refractivity (Wildman–Crippen MR) is 150 cm³/mol. The summed E-state index contributed by atoms with van der Waals surface area (Å²) in [7, 11) is 4.61. The van der Waals surface area contributed by atoms with Crippen LogP contribution in [0.2, 0.25) is 0 Å². The third kappa shape index (κ3) is 5.13. The number of allylic oxidation sites excluding steroid dienone is 1. The van der Waals surface area contributed by atoms with Crippen molar-refractivity contribution in [2.45, 2.75) is 19.6 Å². The van der Waals surface area contributed by atoms with Gasteiger partial charge in [0.15, 0.2) is 16.3 Å². The van der Waals surface area contributed by atoms with E-state index >= 15 is 0 Å². The second kappa shape index (κ2) is 11.3. The van der Waals surface area contributed by atoms with Crippen molar-refractivity contribution in [2.24, 2.45) is 4.99 Å². The molecule has 4 aromatic rings. The van der Waals surface area contributed by atoms with Crippen molar-refractivity contribution < 1.29 is 23.7 Å². The SMILES string of the molecule is COc1cc(C=c2sc3n(c2=O)C(c2cccs2)C(C(=O)OCc2ccccc2)=C(C)N=3)cc(OC)c1OC. The van der Waals surface area contributed by atoms with Gasteiger partial charge in [-0.15, -0.1) is 11.3 Å². The number of hydrogen-bond acceptors (Lipinski definition) is 9. The molecule has 1 aliphatic rings. The summed E-state index contributed by atoms with van der Waals surface area (Å²) in [5.41, 5.74) is 2.18. The van der Waals surface area contributed by atoms with E-state index in [1.54, 1.807) is 29.7 Å². The van der Waals surface area contributed by atoms with Crippen LogP contribution in [0.15, 0.2) is 81.0 Å². The highest BCUT2D eigenvalue weighted by Crippen LogP contribution is 2.38. The molecule has 2 aromatic heterocycles. The van der Waals surface area contributed by atoms with Crippen molar-refractivity contribution in [3.63, 3.8) is 0 Å². The van der Waals surface area contributed by atoms with Crippen molar-refractivity contribution >= 4 is 34.7 Å². The molecule has 1 atom stereocenters. The Kier molecular flexibility index (Phi) is 7.67. The van der Waals surface area contributed by atoms with Crippen LogP contribution >= 0.6 is 22.7 Å². The highest BCUT2D eigenvalue weighted by atomic mass is 32.1. The van der Waals surface area contributed by atoms with Crippen LogP contribution in [-0.4, -0.2) is 31.9 Å². The second-order valence-corrected chi connectivity index (χ2v) is 10.6. The van der Waals surface area contributed by atoms with E-state index in [2.05, 4.69) is 4.99 Å². The number of hydrogen-bond donors (Lipinski definition) is 0. The van der Waals surface area contributed by atoms with Gasteiger partial charge in [0.2, 0.25) is 5.75 Å². The molecular weight excluding hydrogens is 536 g/mol. The van der Waals surface area contributed by atoms with E-state index < -0.39 is 12.0 Å².